The highest BCUT2D eigenvalue weighted by Gasteiger charge is 2.10. The topological polar surface area (TPSA) is 39.2 Å². The molecule has 0 atom stereocenters. The minimum Gasteiger partial charge on any atom is -0.487 e. The van der Waals surface area contributed by atoms with Crippen molar-refractivity contribution in [2.24, 2.45) is 0 Å². The van der Waals surface area contributed by atoms with Gasteiger partial charge in [0.25, 0.3) is 0 Å². The van der Waals surface area contributed by atoms with Crippen molar-refractivity contribution in [1.82, 2.24) is 4.98 Å². The van der Waals surface area contributed by atoms with E-state index >= 15 is 0 Å². The van der Waals surface area contributed by atoms with Gasteiger partial charge in [-0.05, 0) is 17.7 Å². The van der Waals surface area contributed by atoms with E-state index in [1.54, 1.807) is 24.3 Å². The van der Waals surface area contributed by atoms with Crippen molar-refractivity contribution < 1.29 is 9.53 Å². The maximum atomic E-state index is 10.8. The molecule has 0 amide bonds. The summed E-state index contributed by atoms with van der Waals surface area (Å²) >= 11 is 6.02. The first-order valence-electron chi connectivity index (χ1n) is 7.15. The Morgan fingerprint density at radius 3 is 2.39 bits per heavy atom. The second kappa shape index (κ2) is 7.07. The Kier molecular flexibility index (Phi) is 4.69. The Balaban J connectivity index is 1.89. The number of halogens is 1. The van der Waals surface area contributed by atoms with E-state index in [2.05, 4.69) is 4.98 Å². The summed E-state index contributed by atoms with van der Waals surface area (Å²) in [5.41, 5.74) is 3.19. The van der Waals surface area contributed by atoms with Crippen LogP contribution in [0.2, 0.25) is 5.15 Å². The van der Waals surface area contributed by atoms with Crippen LogP contribution in [0.25, 0.3) is 11.3 Å². The zero-order valence-corrected chi connectivity index (χ0v) is 13.0. The van der Waals surface area contributed by atoms with Crippen molar-refractivity contribution >= 4 is 17.9 Å². The molecule has 0 bridgehead atoms. The summed E-state index contributed by atoms with van der Waals surface area (Å²) in [4.78, 5) is 15.1. The highest BCUT2D eigenvalue weighted by molar-refractivity contribution is 6.29. The number of hydrogen-bond donors (Lipinski definition) is 0. The van der Waals surface area contributed by atoms with E-state index in [9.17, 15) is 4.79 Å². The summed E-state index contributed by atoms with van der Waals surface area (Å²) < 4.78 is 5.90. The Morgan fingerprint density at radius 1 is 0.957 bits per heavy atom. The van der Waals surface area contributed by atoms with Gasteiger partial charge in [-0.15, -0.1) is 0 Å². The molecule has 0 radical (unpaired) electrons. The third-order valence-corrected chi connectivity index (χ3v) is 3.59. The summed E-state index contributed by atoms with van der Waals surface area (Å²) in [7, 11) is 0. The van der Waals surface area contributed by atoms with Gasteiger partial charge < -0.3 is 4.74 Å². The second-order valence-corrected chi connectivity index (χ2v) is 5.38. The molecule has 3 rings (SSSR count). The second-order valence-electron chi connectivity index (χ2n) is 4.99. The van der Waals surface area contributed by atoms with Crippen molar-refractivity contribution in [3.05, 3.63) is 83.0 Å². The number of aldehydes is 1. The molecule has 0 saturated carbocycles. The monoisotopic (exact) mass is 323 g/mol. The molecule has 4 heteroatoms. The Labute approximate surface area is 139 Å². The van der Waals surface area contributed by atoms with Gasteiger partial charge in [0.15, 0.2) is 0 Å². The Morgan fingerprint density at radius 2 is 1.70 bits per heavy atom. The third-order valence-electron chi connectivity index (χ3n) is 3.38. The fraction of sp³-hybridized carbons (Fsp3) is 0.0526. The van der Waals surface area contributed by atoms with Gasteiger partial charge in [0, 0.05) is 11.1 Å². The van der Waals surface area contributed by atoms with Crippen LogP contribution in [0.5, 0.6) is 5.75 Å². The average Bonchev–Trinajstić information content (AvgIpc) is 2.61. The summed E-state index contributed by atoms with van der Waals surface area (Å²) in [6.07, 6.45) is 0.808. The molecule has 1 aromatic heterocycles. The minimum absolute atomic E-state index is 0.395. The lowest BCUT2D eigenvalue weighted by Crippen LogP contribution is -1.98. The number of aromatic nitrogens is 1. The van der Waals surface area contributed by atoms with Gasteiger partial charge >= 0.3 is 0 Å². The lowest BCUT2D eigenvalue weighted by molar-refractivity contribution is 0.112. The van der Waals surface area contributed by atoms with Crippen molar-refractivity contribution in [2.75, 3.05) is 0 Å². The van der Waals surface area contributed by atoms with Crippen LogP contribution in [0.3, 0.4) is 0 Å². The molecule has 0 aliphatic carbocycles. The van der Waals surface area contributed by atoms with Crippen LogP contribution in [0.4, 0.5) is 0 Å². The SMILES string of the molecule is O=Cc1ccc(-c2nc(Cl)ccc2OCc2ccccc2)cc1. The predicted molar refractivity (Wildman–Crippen MR) is 90.8 cm³/mol. The lowest BCUT2D eigenvalue weighted by Gasteiger charge is -2.11. The smallest absolute Gasteiger partial charge is 0.150 e. The summed E-state index contributed by atoms with van der Waals surface area (Å²) in [5, 5.41) is 0.395. The van der Waals surface area contributed by atoms with Crippen molar-refractivity contribution in [3.8, 4) is 17.0 Å². The molecule has 0 spiro atoms. The number of ether oxygens (including phenoxy) is 1. The first kappa shape index (κ1) is 15.3. The van der Waals surface area contributed by atoms with Gasteiger partial charge in [0.1, 0.15) is 29.5 Å². The van der Waals surface area contributed by atoms with E-state index in [0.29, 0.717) is 28.8 Å². The molecule has 0 fully saturated rings. The zero-order valence-electron chi connectivity index (χ0n) is 12.3. The van der Waals surface area contributed by atoms with E-state index in [1.807, 2.05) is 42.5 Å². The van der Waals surface area contributed by atoms with E-state index in [4.69, 9.17) is 16.3 Å². The van der Waals surface area contributed by atoms with Crippen LogP contribution in [-0.4, -0.2) is 11.3 Å². The number of hydrogen-bond acceptors (Lipinski definition) is 3. The highest BCUT2D eigenvalue weighted by Crippen LogP contribution is 2.30. The van der Waals surface area contributed by atoms with Crippen LogP contribution in [0.15, 0.2) is 66.7 Å². The van der Waals surface area contributed by atoms with Gasteiger partial charge in [-0.2, -0.15) is 0 Å². The number of rotatable bonds is 5. The van der Waals surface area contributed by atoms with Gasteiger partial charge in [0.2, 0.25) is 0 Å². The zero-order chi connectivity index (χ0) is 16.1. The summed E-state index contributed by atoms with van der Waals surface area (Å²) in [6, 6.07) is 20.6. The number of carbonyl (C=O) groups is 1. The van der Waals surface area contributed by atoms with E-state index in [1.165, 1.54) is 0 Å². The van der Waals surface area contributed by atoms with E-state index in [-0.39, 0.29) is 0 Å². The predicted octanol–water partition coefficient (Wildman–Crippen LogP) is 4.79. The molecule has 0 saturated heterocycles. The van der Waals surface area contributed by atoms with Gasteiger partial charge in [-0.1, -0.05) is 66.2 Å². The number of benzene rings is 2. The highest BCUT2D eigenvalue weighted by atomic mass is 35.5. The molecule has 23 heavy (non-hydrogen) atoms. The van der Waals surface area contributed by atoms with Crippen LogP contribution >= 0.6 is 11.6 Å². The molecule has 2 aromatic carbocycles. The quantitative estimate of drug-likeness (QED) is 0.500. The average molecular weight is 324 g/mol. The van der Waals surface area contributed by atoms with Crippen molar-refractivity contribution in [2.45, 2.75) is 6.61 Å². The molecular weight excluding hydrogens is 310 g/mol. The van der Waals surface area contributed by atoms with Gasteiger partial charge in [-0.3, -0.25) is 4.79 Å². The van der Waals surface area contributed by atoms with Crippen molar-refractivity contribution in [3.63, 3.8) is 0 Å². The largest absolute Gasteiger partial charge is 0.487 e. The Hall–Kier alpha value is -2.65. The third kappa shape index (κ3) is 3.76. The Bertz CT molecular complexity index is 801. The summed E-state index contributed by atoms with van der Waals surface area (Å²) in [5.74, 6) is 0.650. The van der Waals surface area contributed by atoms with Crippen LogP contribution in [-0.2, 0) is 6.61 Å². The van der Waals surface area contributed by atoms with Crippen LogP contribution in [0.1, 0.15) is 15.9 Å². The molecule has 3 nitrogen and oxygen atoms in total. The normalized spacial score (nSPS) is 10.3. The number of carbonyl (C=O) groups excluding carboxylic acids is 1. The standard InChI is InChI=1S/C19H14ClNO2/c20-18-11-10-17(23-13-15-4-2-1-3-5-15)19(21-18)16-8-6-14(12-22)7-9-16/h1-12H,13H2. The van der Waals surface area contributed by atoms with E-state index in [0.717, 1.165) is 17.4 Å². The molecule has 3 aromatic rings. The lowest BCUT2D eigenvalue weighted by atomic mass is 10.1. The maximum absolute atomic E-state index is 10.8. The van der Waals surface area contributed by atoms with Crippen molar-refractivity contribution in [1.29, 1.82) is 0 Å². The number of nitrogens with zero attached hydrogens (tertiary/aromatic N) is 1. The molecule has 1 heterocycles. The number of pyridine rings is 1. The fourth-order valence-corrected chi connectivity index (χ4v) is 2.35. The molecular formula is C19H14ClNO2. The summed E-state index contributed by atoms with van der Waals surface area (Å²) in [6.45, 7) is 0.448. The molecule has 0 N–H and O–H groups in total. The first-order chi connectivity index (χ1) is 11.3. The van der Waals surface area contributed by atoms with Gasteiger partial charge in [0.05, 0.1) is 0 Å². The molecule has 0 aliphatic heterocycles. The van der Waals surface area contributed by atoms with E-state index < -0.39 is 0 Å². The van der Waals surface area contributed by atoms with Gasteiger partial charge in [-0.25, -0.2) is 4.98 Å². The fourth-order valence-electron chi connectivity index (χ4n) is 2.20. The molecule has 0 unspecified atom stereocenters. The van der Waals surface area contributed by atoms with Crippen LogP contribution < -0.4 is 4.74 Å². The molecule has 0 aliphatic rings. The minimum atomic E-state index is 0.395. The van der Waals surface area contributed by atoms with Crippen LogP contribution in [0, 0.1) is 0 Å². The first-order valence-corrected chi connectivity index (χ1v) is 7.53. The maximum Gasteiger partial charge on any atom is 0.150 e. The molecule has 114 valence electrons.